The van der Waals surface area contributed by atoms with E-state index in [0.29, 0.717) is 40.3 Å². The smallest absolute Gasteiger partial charge is 0.335 e. The van der Waals surface area contributed by atoms with Crippen LogP contribution in [0.4, 0.5) is 10.5 Å². The van der Waals surface area contributed by atoms with Crippen LogP contribution in [0.25, 0.3) is 6.08 Å². The number of nitriles is 1. The molecule has 190 valence electrons. The van der Waals surface area contributed by atoms with Gasteiger partial charge in [-0.05, 0) is 55.3 Å². The van der Waals surface area contributed by atoms with E-state index in [1.54, 1.807) is 54.6 Å². The van der Waals surface area contributed by atoms with Crippen LogP contribution < -0.4 is 19.7 Å². The van der Waals surface area contributed by atoms with Gasteiger partial charge in [-0.25, -0.2) is 9.69 Å². The van der Waals surface area contributed by atoms with E-state index in [4.69, 9.17) is 9.47 Å². The summed E-state index contributed by atoms with van der Waals surface area (Å²) in [5.41, 5.74) is 3.55. The number of carbonyl (C=O) groups is 3. The number of hydrogen-bond donors (Lipinski definition) is 1. The van der Waals surface area contributed by atoms with Gasteiger partial charge in [0.05, 0.1) is 24.4 Å². The summed E-state index contributed by atoms with van der Waals surface area (Å²) in [4.78, 5) is 39.3. The van der Waals surface area contributed by atoms with E-state index in [9.17, 15) is 19.6 Å². The van der Waals surface area contributed by atoms with Gasteiger partial charge in [0.15, 0.2) is 11.5 Å². The van der Waals surface area contributed by atoms with Gasteiger partial charge in [-0.1, -0.05) is 42.0 Å². The Labute approximate surface area is 220 Å². The monoisotopic (exact) mass is 507 g/mol. The van der Waals surface area contributed by atoms with E-state index in [2.05, 4.69) is 18.0 Å². The normalized spacial score (nSPS) is 14.2. The Morgan fingerprint density at radius 1 is 1.05 bits per heavy atom. The van der Waals surface area contributed by atoms with E-state index in [0.717, 1.165) is 16.0 Å². The molecule has 3 aromatic carbocycles. The quantitative estimate of drug-likeness (QED) is 0.265. The molecule has 0 saturated carbocycles. The first kappa shape index (κ1) is 25.9. The molecule has 0 bridgehead atoms. The molecule has 0 unspecified atom stereocenters. The number of ether oxygens (including phenoxy) is 2. The molecule has 8 nitrogen and oxygen atoms in total. The number of imide groups is 2. The van der Waals surface area contributed by atoms with Gasteiger partial charge in [-0.2, -0.15) is 5.26 Å². The van der Waals surface area contributed by atoms with E-state index < -0.39 is 17.8 Å². The van der Waals surface area contributed by atoms with Crippen molar-refractivity contribution in [3.63, 3.8) is 0 Å². The number of rotatable bonds is 8. The summed E-state index contributed by atoms with van der Waals surface area (Å²) in [5, 5.41) is 11.6. The second kappa shape index (κ2) is 11.3. The summed E-state index contributed by atoms with van der Waals surface area (Å²) in [6.45, 7) is 5.84. The van der Waals surface area contributed by atoms with Crippen LogP contribution in [-0.4, -0.2) is 25.0 Å². The first-order chi connectivity index (χ1) is 18.4. The molecule has 1 saturated heterocycles. The number of urea groups is 1. The topological polar surface area (TPSA) is 109 Å². The molecular formula is C30H25N3O5. The Kier molecular flexibility index (Phi) is 7.69. The lowest BCUT2D eigenvalue weighted by atomic mass is 10.0. The number of allylic oxidation sites excluding steroid dienone is 1. The zero-order valence-electron chi connectivity index (χ0n) is 21.0. The van der Waals surface area contributed by atoms with Crippen LogP contribution in [0.1, 0.15) is 27.8 Å². The van der Waals surface area contributed by atoms with Gasteiger partial charge in [-0.3, -0.25) is 14.9 Å². The van der Waals surface area contributed by atoms with E-state index in [1.807, 2.05) is 19.1 Å². The maximum Gasteiger partial charge on any atom is 0.335 e. The van der Waals surface area contributed by atoms with Crippen LogP contribution in [-0.2, 0) is 22.6 Å². The molecule has 1 aliphatic rings. The van der Waals surface area contributed by atoms with Crippen molar-refractivity contribution in [1.29, 1.82) is 5.26 Å². The number of aryl methyl sites for hydroxylation is 1. The van der Waals surface area contributed by atoms with Gasteiger partial charge in [0, 0.05) is 11.1 Å². The number of nitrogens with one attached hydrogen (secondary N) is 1. The highest BCUT2D eigenvalue weighted by Gasteiger charge is 2.36. The molecule has 1 aliphatic heterocycles. The van der Waals surface area contributed by atoms with Gasteiger partial charge in [0.2, 0.25) is 0 Å². The summed E-state index contributed by atoms with van der Waals surface area (Å²) in [6, 6.07) is 18.7. The predicted octanol–water partition coefficient (Wildman–Crippen LogP) is 4.85. The minimum atomic E-state index is -0.813. The number of carbonyl (C=O) groups excluding carboxylic acids is 3. The minimum absolute atomic E-state index is 0.138. The number of barbiturate groups is 1. The van der Waals surface area contributed by atoms with E-state index in [-0.39, 0.29) is 12.2 Å². The number of hydrogen-bond acceptors (Lipinski definition) is 6. The molecule has 3 aromatic rings. The van der Waals surface area contributed by atoms with Crippen molar-refractivity contribution in [2.75, 3.05) is 12.0 Å². The molecular weight excluding hydrogens is 482 g/mol. The van der Waals surface area contributed by atoms with Gasteiger partial charge in [0.1, 0.15) is 12.2 Å². The van der Waals surface area contributed by atoms with Crippen molar-refractivity contribution in [2.45, 2.75) is 20.0 Å². The average Bonchev–Trinajstić information content (AvgIpc) is 2.91. The van der Waals surface area contributed by atoms with Crippen LogP contribution in [0.15, 0.2) is 78.9 Å². The number of amides is 4. The summed E-state index contributed by atoms with van der Waals surface area (Å²) >= 11 is 0. The second-order valence-electron chi connectivity index (χ2n) is 8.56. The fourth-order valence-electron chi connectivity index (χ4n) is 4.05. The predicted molar refractivity (Wildman–Crippen MR) is 143 cm³/mol. The van der Waals surface area contributed by atoms with E-state index >= 15 is 0 Å². The van der Waals surface area contributed by atoms with Crippen molar-refractivity contribution in [2.24, 2.45) is 0 Å². The second-order valence-corrected chi connectivity index (χ2v) is 8.56. The molecule has 0 aromatic heterocycles. The summed E-state index contributed by atoms with van der Waals surface area (Å²) in [7, 11) is 1.48. The summed E-state index contributed by atoms with van der Waals surface area (Å²) in [6.07, 6.45) is 3.52. The fourth-order valence-corrected chi connectivity index (χ4v) is 4.05. The van der Waals surface area contributed by atoms with Crippen molar-refractivity contribution in [1.82, 2.24) is 5.32 Å². The largest absolute Gasteiger partial charge is 0.493 e. The highest BCUT2D eigenvalue weighted by Crippen LogP contribution is 2.35. The van der Waals surface area contributed by atoms with Crippen molar-refractivity contribution >= 4 is 29.6 Å². The third kappa shape index (κ3) is 5.32. The Bertz CT molecular complexity index is 1500. The third-order valence-corrected chi connectivity index (χ3v) is 5.95. The number of methoxy groups -OCH3 is 1. The molecule has 4 amide bonds. The molecule has 0 radical (unpaired) electrons. The van der Waals surface area contributed by atoms with Crippen LogP contribution in [0, 0.1) is 18.3 Å². The first-order valence-corrected chi connectivity index (χ1v) is 11.8. The van der Waals surface area contributed by atoms with Gasteiger partial charge in [-0.15, -0.1) is 6.58 Å². The molecule has 1 heterocycles. The lowest BCUT2D eigenvalue weighted by molar-refractivity contribution is -0.122. The number of nitrogens with zero attached hydrogens (tertiary/aromatic N) is 2. The highest BCUT2D eigenvalue weighted by molar-refractivity contribution is 6.39. The molecule has 0 aliphatic carbocycles. The van der Waals surface area contributed by atoms with Gasteiger partial charge >= 0.3 is 6.03 Å². The standard InChI is InChI=1S/C30H25N3O5/c1-4-7-21-14-20(16-26(37-3)27(21)38-18-23-9-6-5-8-22(23)17-31)15-25-28(34)32-30(36)33(29(25)35)24-12-10-19(2)11-13-24/h4-6,8-16H,1,7,18H2,2-3H3,(H,32,34,36)/b25-15+. The Morgan fingerprint density at radius 3 is 2.47 bits per heavy atom. The van der Waals surface area contributed by atoms with Crippen molar-refractivity contribution in [3.8, 4) is 17.6 Å². The van der Waals surface area contributed by atoms with Crippen LogP contribution >= 0.6 is 0 Å². The maximum absolute atomic E-state index is 13.3. The molecule has 1 N–H and O–H groups in total. The summed E-state index contributed by atoms with van der Waals surface area (Å²) < 4.78 is 11.7. The maximum atomic E-state index is 13.3. The number of anilines is 1. The lowest BCUT2D eigenvalue weighted by Crippen LogP contribution is -2.54. The molecule has 38 heavy (non-hydrogen) atoms. The van der Waals surface area contributed by atoms with E-state index in [1.165, 1.54) is 13.2 Å². The lowest BCUT2D eigenvalue weighted by Gasteiger charge is -2.26. The average molecular weight is 508 g/mol. The molecule has 8 heteroatoms. The van der Waals surface area contributed by atoms with Crippen molar-refractivity contribution in [3.05, 3.63) is 107 Å². The fraction of sp³-hybridized carbons (Fsp3) is 0.133. The first-order valence-electron chi connectivity index (χ1n) is 11.8. The van der Waals surface area contributed by atoms with Crippen molar-refractivity contribution < 1.29 is 23.9 Å². The summed E-state index contributed by atoms with van der Waals surface area (Å²) in [5.74, 6) is -0.694. The van der Waals surface area contributed by atoms with Gasteiger partial charge < -0.3 is 9.47 Å². The SMILES string of the molecule is C=CCc1cc(/C=C2\C(=O)NC(=O)N(c3ccc(C)cc3)C2=O)cc(OC)c1OCc1ccccc1C#N. The third-order valence-electron chi connectivity index (χ3n) is 5.95. The molecule has 0 atom stereocenters. The highest BCUT2D eigenvalue weighted by atomic mass is 16.5. The zero-order chi connectivity index (χ0) is 27.2. The Morgan fingerprint density at radius 2 is 1.79 bits per heavy atom. The Hall–Kier alpha value is -5.16. The van der Waals surface area contributed by atoms with Gasteiger partial charge in [0.25, 0.3) is 11.8 Å². The van der Waals surface area contributed by atoms with Crippen LogP contribution in [0.5, 0.6) is 11.5 Å². The zero-order valence-corrected chi connectivity index (χ0v) is 21.0. The molecule has 1 fully saturated rings. The molecule has 4 rings (SSSR count). The van der Waals surface area contributed by atoms with Crippen LogP contribution in [0.2, 0.25) is 0 Å². The Balaban J connectivity index is 1.70. The molecule has 0 spiro atoms. The number of benzene rings is 3. The minimum Gasteiger partial charge on any atom is -0.493 e. The van der Waals surface area contributed by atoms with Crippen LogP contribution in [0.3, 0.4) is 0 Å².